The number of rotatable bonds is 5. The zero-order valence-corrected chi connectivity index (χ0v) is 18.1. The molecule has 1 aromatic carbocycles. The van der Waals surface area contributed by atoms with Crippen molar-refractivity contribution in [2.75, 3.05) is 13.7 Å². The molecule has 30 heavy (non-hydrogen) atoms. The van der Waals surface area contributed by atoms with Crippen molar-refractivity contribution in [2.24, 2.45) is 0 Å². The third-order valence-electron chi connectivity index (χ3n) is 5.27. The van der Waals surface area contributed by atoms with Gasteiger partial charge in [-0.3, -0.25) is 9.59 Å². The predicted octanol–water partition coefficient (Wildman–Crippen LogP) is 3.64. The monoisotopic (exact) mass is 424 g/mol. The van der Waals surface area contributed by atoms with Crippen molar-refractivity contribution in [1.82, 2.24) is 9.47 Å². The molecule has 0 spiro atoms. The fraction of sp³-hybridized carbons (Fsp3) is 0.304. The minimum atomic E-state index is -0.272. The van der Waals surface area contributed by atoms with Gasteiger partial charge in [-0.15, -0.1) is 11.3 Å². The first-order chi connectivity index (χ1) is 14.4. The third-order valence-corrected chi connectivity index (χ3v) is 6.13. The average Bonchev–Trinajstić information content (AvgIpc) is 3.23. The number of hydrogen-bond acceptors (Lipinski definition) is 5. The first-order valence-corrected chi connectivity index (χ1v) is 10.7. The van der Waals surface area contributed by atoms with E-state index in [-0.39, 0.29) is 23.0 Å². The van der Waals surface area contributed by atoms with Gasteiger partial charge in [0, 0.05) is 29.4 Å². The second-order valence-electron chi connectivity index (χ2n) is 7.46. The molecule has 0 aliphatic carbocycles. The molecule has 1 amide bonds. The number of aromatic nitrogens is 1. The van der Waals surface area contributed by atoms with Gasteiger partial charge in [0.15, 0.2) is 23.0 Å². The summed E-state index contributed by atoms with van der Waals surface area (Å²) in [5.41, 5.74) is 1.38. The van der Waals surface area contributed by atoms with Gasteiger partial charge in [0.1, 0.15) is 12.2 Å². The van der Waals surface area contributed by atoms with E-state index in [1.54, 1.807) is 23.3 Å². The summed E-state index contributed by atoms with van der Waals surface area (Å²) < 4.78 is 13.9. The maximum Gasteiger partial charge on any atom is 0.259 e. The van der Waals surface area contributed by atoms with Crippen LogP contribution in [0.1, 0.15) is 26.6 Å². The number of amides is 1. The van der Waals surface area contributed by atoms with Crippen LogP contribution in [0, 0.1) is 13.8 Å². The van der Waals surface area contributed by atoms with E-state index < -0.39 is 0 Å². The van der Waals surface area contributed by atoms with Crippen LogP contribution in [0.4, 0.5) is 0 Å². The van der Waals surface area contributed by atoms with Crippen LogP contribution in [0.3, 0.4) is 0 Å². The van der Waals surface area contributed by atoms with Crippen molar-refractivity contribution in [2.45, 2.75) is 33.0 Å². The van der Waals surface area contributed by atoms with Gasteiger partial charge in [0.2, 0.25) is 0 Å². The highest BCUT2D eigenvalue weighted by molar-refractivity contribution is 7.09. The van der Waals surface area contributed by atoms with Crippen molar-refractivity contribution in [3.8, 4) is 11.5 Å². The summed E-state index contributed by atoms with van der Waals surface area (Å²) in [6, 6.07) is 13.0. The van der Waals surface area contributed by atoms with E-state index in [1.807, 2.05) is 60.2 Å². The number of carbonyl (C=O) groups is 1. The van der Waals surface area contributed by atoms with Crippen LogP contribution in [-0.2, 0) is 13.1 Å². The van der Waals surface area contributed by atoms with Crippen LogP contribution in [0.2, 0.25) is 0 Å². The molecule has 3 aromatic rings. The molecule has 2 aromatic heterocycles. The van der Waals surface area contributed by atoms with Crippen LogP contribution < -0.4 is 14.9 Å². The fourth-order valence-corrected chi connectivity index (χ4v) is 4.47. The molecule has 6 nitrogen and oxygen atoms in total. The lowest BCUT2D eigenvalue weighted by Gasteiger charge is -2.29. The standard InChI is InChI=1S/C23H24N2O4S/c1-15-11-19(26)22(23(27)24(3)13-18-7-6-10-30-18)16(2)25(15)12-17-14-28-20-8-4-5-9-21(20)29-17/h4-11,17H,12-14H2,1-3H3. The molecule has 0 N–H and O–H groups in total. The largest absolute Gasteiger partial charge is 0.486 e. The van der Waals surface area contributed by atoms with E-state index in [0.29, 0.717) is 31.1 Å². The summed E-state index contributed by atoms with van der Waals surface area (Å²) >= 11 is 1.59. The Morgan fingerprint density at radius 2 is 1.97 bits per heavy atom. The number of pyridine rings is 1. The summed E-state index contributed by atoms with van der Waals surface area (Å²) in [6.07, 6.45) is -0.216. The molecule has 1 aliphatic rings. The first kappa shape index (κ1) is 20.2. The van der Waals surface area contributed by atoms with Crippen molar-refractivity contribution >= 4 is 17.2 Å². The van der Waals surface area contributed by atoms with Gasteiger partial charge in [-0.25, -0.2) is 0 Å². The topological polar surface area (TPSA) is 60.8 Å². The number of aryl methyl sites for hydroxylation is 1. The Balaban J connectivity index is 1.59. The summed E-state index contributed by atoms with van der Waals surface area (Å²) in [5.74, 6) is 1.16. The molecule has 1 unspecified atom stereocenters. The number of nitrogens with zero attached hydrogens (tertiary/aromatic N) is 2. The molecule has 0 radical (unpaired) electrons. The van der Waals surface area contributed by atoms with Gasteiger partial charge < -0.3 is 18.9 Å². The summed E-state index contributed by atoms with van der Waals surface area (Å²) in [6.45, 7) is 5.05. The number of carbonyl (C=O) groups excluding carboxylic acids is 1. The van der Waals surface area contributed by atoms with E-state index in [0.717, 1.165) is 16.3 Å². The van der Waals surface area contributed by atoms with Gasteiger partial charge in [0.05, 0.1) is 13.1 Å². The van der Waals surface area contributed by atoms with Gasteiger partial charge in [-0.05, 0) is 37.4 Å². The van der Waals surface area contributed by atoms with Gasteiger partial charge in [0.25, 0.3) is 5.91 Å². The van der Waals surface area contributed by atoms with Gasteiger partial charge in [-0.2, -0.15) is 0 Å². The van der Waals surface area contributed by atoms with Gasteiger partial charge in [-0.1, -0.05) is 18.2 Å². The second kappa shape index (κ2) is 8.36. The number of thiophene rings is 1. The number of hydrogen-bond donors (Lipinski definition) is 0. The van der Waals surface area contributed by atoms with Crippen LogP contribution in [0.15, 0.2) is 52.6 Å². The SMILES string of the molecule is Cc1cc(=O)c(C(=O)N(C)Cc2cccs2)c(C)n1CC1COc2ccccc2O1. The Kier molecular flexibility index (Phi) is 5.63. The van der Waals surface area contributed by atoms with Crippen LogP contribution >= 0.6 is 11.3 Å². The fourth-order valence-electron chi connectivity index (χ4n) is 3.71. The predicted molar refractivity (Wildman–Crippen MR) is 117 cm³/mol. The lowest BCUT2D eigenvalue weighted by atomic mass is 10.1. The highest BCUT2D eigenvalue weighted by Crippen LogP contribution is 2.31. The first-order valence-electron chi connectivity index (χ1n) is 9.81. The molecule has 1 aliphatic heterocycles. The number of ether oxygens (including phenoxy) is 2. The average molecular weight is 425 g/mol. The number of para-hydroxylation sites is 2. The molecule has 0 saturated carbocycles. The molecular formula is C23H24N2O4S. The van der Waals surface area contributed by atoms with E-state index in [9.17, 15) is 9.59 Å². The molecule has 0 bridgehead atoms. The van der Waals surface area contributed by atoms with Crippen LogP contribution in [-0.4, -0.2) is 35.1 Å². The molecule has 156 valence electrons. The lowest BCUT2D eigenvalue weighted by molar-refractivity contribution is 0.0756. The van der Waals surface area contributed by atoms with E-state index in [1.165, 1.54) is 6.07 Å². The molecular weight excluding hydrogens is 400 g/mol. The molecule has 1 atom stereocenters. The normalized spacial score (nSPS) is 15.1. The Morgan fingerprint density at radius 3 is 2.70 bits per heavy atom. The Bertz CT molecular complexity index is 1120. The summed E-state index contributed by atoms with van der Waals surface area (Å²) in [5, 5.41) is 1.97. The smallest absolute Gasteiger partial charge is 0.259 e. The maximum absolute atomic E-state index is 13.1. The summed E-state index contributed by atoms with van der Waals surface area (Å²) in [7, 11) is 1.72. The van der Waals surface area contributed by atoms with Crippen LogP contribution in [0.5, 0.6) is 11.5 Å². The van der Waals surface area contributed by atoms with E-state index >= 15 is 0 Å². The lowest BCUT2D eigenvalue weighted by Crippen LogP contribution is -2.37. The minimum absolute atomic E-state index is 0.205. The molecule has 3 heterocycles. The van der Waals surface area contributed by atoms with Crippen molar-refractivity contribution < 1.29 is 14.3 Å². The Hall–Kier alpha value is -3.06. The molecule has 7 heteroatoms. The zero-order valence-electron chi connectivity index (χ0n) is 17.3. The third kappa shape index (κ3) is 3.98. The molecule has 0 fully saturated rings. The summed E-state index contributed by atoms with van der Waals surface area (Å²) in [4.78, 5) is 28.5. The highest BCUT2D eigenvalue weighted by Gasteiger charge is 2.25. The number of benzene rings is 1. The van der Waals surface area contributed by atoms with Crippen molar-refractivity contribution in [1.29, 1.82) is 0 Å². The Labute approximate surface area is 179 Å². The van der Waals surface area contributed by atoms with Gasteiger partial charge >= 0.3 is 0 Å². The molecule has 4 rings (SSSR count). The van der Waals surface area contributed by atoms with Crippen LogP contribution in [0.25, 0.3) is 0 Å². The van der Waals surface area contributed by atoms with E-state index in [2.05, 4.69) is 0 Å². The number of fused-ring (bicyclic) bond motifs is 1. The quantitative estimate of drug-likeness (QED) is 0.627. The van der Waals surface area contributed by atoms with Crippen molar-refractivity contribution in [3.05, 3.63) is 79.9 Å². The second-order valence-corrected chi connectivity index (χ2v) is 8.49. The highest BCUT2D eigenvalue weighted by atomic mass is 32.1. The maximum atomic E-state index is 13.1. The van der Waals surface area contributed by atoms with Crippen molar-refractivity contribution in [3.63, 3.8) is 0 Å². The zero-order chi connectivity index (χ0) is 21.3. The Morgan fingerprint density at radius 1 is 1.20 bits per heavy atom. The minimum Gasteiger partial charge on any atom is -0.486 e. The molecule has 0 saturated heterocycles. The van der Waals surface area contributed by atoms with E-state index in [4.69, 9.17) is 9.47 Å².